The number of anilines is 1. The Bertz CT molecular complexity index is 466. The maximum atomic E-state index is 3.68. The molecule has 3 aliphatic rings. The van der Waals surface area contributed by atoms with Gasteiger partial charge in [0.2, 0.25) is 0 Å². The van der Waals surface area contributed by atoms with Crippen LogP contribution < -0.4 is 10.2 Å². The van der Waals surface area contributed by atoms with Crippen molar-refractivity contribution in [3.8, 4) is 0 Å². The van der Waals surface area contributed by atoms with Crippen LogP contribution in [-0.2, 0) is 6.54 Å². The molecule has 4 rings (SSSR count). The Morgan fingerprint density at radius 2 is 1.85 bits per heavy atom. The van der Waals surface area contributed by atoms with Gasteiger partial charge in [0.15, 0.2) is 0 Å². The molecule has 2 atom stereocenters. The SMILES string of the molecule is c1ccc(N2CCC3CCCCC32)c(CNC2CC2)c1. The number of benzene rings is 1. The molecule has 2 heteroatoms. The Hall–Kier alpha value is -1.02. The van der Waals surface area contributed by atoms with Crippen molar-refractivity contribution in [2.45, 2.75) is 63.6 Å². The van der Waals surface area contributed by atoms with Gasteiger partial charge in [0.05, 0.1) is 0 Å². The second-order valence-corrected chi connectivity index (χ2v) is 6.88. The molecule has 1 aromatic carbocycles. The van der Waals surface area contributed by atoms with E-state index in [1.54, 1.807) is 0 Å². The van der Waals surface area contributed by atoms with Gasteiger partial charge in [-0.05, 0) is 49.7 Å². The predicted octanol–water partition coefficient (Wildman–Crippen LogP) is 3.71. The molecule has 1 saturated heterocycles. The molecule has 2 aliphatic carbocycles. The summed E-state index contributed by atoms with van der Waals surface area (Å²) in [6.45, 7) is 2.32. The van der Waals surface area contributed by atoms with Crippen LogP contribution in [0, 0.1) is 5.92 Å². The van der Waals surface area contributed by atoms with Crippen LogP contribution in [0.1, 0.15) is 50.5 Å². The molecule has 1 aliphatic heterocycles. The quantitative estimate of drug-likeness (QED) is 0.897. The monoisotopic (exact) mass is 270 g/mol. The fraction of sp³-hybridized carbons (Fsp3) is 0.667. The highest BCUT2D eigenvalue weighted by molar-refractivity contribution is 5.55. The summed E-state index contributed by atoms with van der Waals surface area (Å²) < 4.78 is 0. The highest BCUT2D eigenvalue weighted by Gasteiger charge is 2.36. The number of rotatable bonds is 4. The van der Waals surface area contributed by atoms with Crippen molar-refractivity contribution in [1.82, 2.24) is 5.32 Å². The standard InChI is InChI=1S/C18H26N2/c1-3-7-17-14(5-1)11-12-20(17)18-8-4-2-6-15(18)13-19-16-9-10-16/h2,4,6,8,14,16-17,19H,1,3,5,7,9-13H2. The summed E-state index contributed by atoms with van der Waals surface area (Å²) in [5.74, 6) is 0.966. The van der Waals surface area contributed by atoms with Gasteiger partial charge in [-0.2, -0.15) is 0 Å². The molecule has 108 valence electrons. The minimum Gasteiger partial charge on any atom is -0.368 e. The lowest BCUT2D eigenvalue weighted by Crippen LogP contribution is -2.35. The summed E-state index contributed by atoms with van der Waals surface area (Å²) in [6.07, 6.45) is 9.92. The van der Waals surface area contributed by atoms with Crippen LogP contribution in [0.3, 0.4) is 0 Å². The average molecular weight is 270 g/mol. The summed E-state index contributed by atoms with van der Waals surface area (Å²) in [6, 6.07) is 10.7. The summed E-state index contributed by atoms with van der Waals surface area (Å²) in [4.78, 5) is 2.73. The van der Waals surface area contributed by atoms with Crippen LogP contribution in [-0.4, -0.2) is 18.6 Å². The number of hydrogen-bond donors (Lipinski definition) is 1. The lowest BCUT2D eigenvalue weighted by Gasteiger charge is -2.34. The van der Waals surface area contributed by atoms with Gasteiger partial charge in [0.25, 0.3) is 0 Å². The van der Waals surface area contributed by atoms with Gasteiger partial charge in [-0.1, -0.05) is 31.0 Å². The van der Waals surface area contributed by atoms with Gasteiger partial charge in [-0.3, -0.25) is 0 Å². The molecule has 2 saturated carbocycles. The third kappa shape index (κ3) is 2.46. The van der Waals surface area contributed by atoms with E-state index >= 15 is 0 Å². The van der Waals surface area contributed by atoms with E-state index in [0.29, 0.717) is 0 Å². The third-order valence-corrected chi connectivity index (χ3v) is 5.47. The fourth-order valence-electron chi connectivity index (χ4n) is 4.19. The zero-order chi connectivity index (χ0) is 13.4. The number of fused-ring (bicyclic) bond motifs is 1. The molecule has 0 amide bonds. The first kappa shape index (κ1) is 12.7. The fourth-order valence-corrected chi connectivity index (χ4v) is 4.19. The van der Waals surface area contributed by atoms with Gasteiger partial charge in [-0.25, -0.2) is 0 Å². The number of nitrogens with one attached hydrogen (secondary N) is 1. The lowest BCUT2D eigenvalue weighted by atomic mass is 9.85. The minimum atomic E-state index is 0.795. The molecular weight excluding hydrogens is 244 g/mol. The summed E-state index contributed by atoms with van der Waals surface area (Å²) in [5, 5.41) is 3.68. The first-order valence-electron chi connectivity index (χ1n) is 8.50. The second kappa shape index (κ2) is 5.40. The first-order valence-corrected chi connectivity index (χ1v) is 8.50. The number of hydrogen-bond acceptors (Lipinski definition) is 2. The molecule has 1 heterocycles. The Labute approximate surface area is 122 Å². The normalized spacial score (nSPS) is 29.5. The molecule has 20 heavy (non-hydrogen) atoms. The van der Waals surface area contributed by atoms with Crippen LogP contribution in [0.2, 0.25) is 0 Å². The molecule has 1 N–H and O–H groups in total. The molecular formula is C18H26N2. The molecule has 3 fully saturated rings. The summed E-state index contributed by atoms with van der Waals surface area (Å²) in [5.41, 5.74) is 3.01. The lowest BCUT2D eigenvalue weighted by molar-refractivity contribution is 0.342. The number of nitrogens with zero attached hydrogens (tertiary/aromatic N) is 1. The van der Waals surface area contributed by atoms with Crippen molar-refractivity contribution < 1.29 is 0 Å². The van der Waals surface area contributed by atoms with Crippen molar-refractivity contribution >= 4 is 5.69 Å². The van der Waals surface area contributed by atoms with Gasteiger partial charge in [-0.15, -0.1) is 0 Å². The van der Waals surface area contributed by atoms with Crippen LogP contribution in [0.4, 0.5) is 5.69 Å². The van der Waals surface area contributed by atoms with E-state index in [0.717, 1.165) is 24.5 Å². The van der Waals surface area contributed by atoms with Gasteiger partial charge in [0, 0.05) is 30.9 Å². The molecule has 0 spiro atoms. The summed E-state index contributed by atoms with van der Waals surface area (Å²) in [7, 11) is 0. The Morgan fingerprint density at radius 1 is 1.00 bits per heavy atom. The third-order valence-electron chi connectivity index (χ3n) is 5.47. The smallest absolute Gasteiger partial charge is 0.0414 e. The number of para-hydroxylation sites is 1. The molecule has 2 nitrogen and oxygen atoms in total. The molecule has 2 unspecified atom stereocenters. The van der Waals surface area contributed by atoms with E-state index in [4.69, 9.17) is 0 Å². The van der Waals surface area contributed by atoms with Crippen LogP contribution in [0.25, 0.3) is 0 Å². The van der Waals surface area contributed by atoms with E-state index in [-0.39, 0.29) is 0 Å². The predicted molar refractivity (Wildman–Crippen MR) is 84.0 cm³/mol. The first-order chi connectivity index (χ1) is 9.92. The van der Waals surface area contributed by atoms with Gasteiger partial charge >= 0.3 is 0 Å². The van der Waals surface area contributed by atoms with E-state index in [9.17, 15) is 0 Å². The van der Waals surface area contributed by atoms with E-state index in [1.165, 1.54) is 62.7 Å². The maximum absolute atomic E-state index is 3.68. The van der Waals surface area contributed by atoms with Crippen molar-refractivity contribution in [2.24, 2.45) is 5.92 Å². The van der Waals surface area contributed by atoms with Crippen molar-refractivity contribution in [3.63, 3.8) is 0 Å². The average Bonchev–Trinajstić information content (AvgIpc) is 3.23. The van der Waals surface area contributed by atoms with Crippen LogP contribution >= 0.6 is 0 Å². The van der Waals surface area contributed by atoms with Gasteiger partial charge in [0.1, 0.15) is 0 Å². The zero-order valence-corrected chi connectivity index (χ0v) is 12.4. The molecule has 0 radical (unpaired) electrons. The van der Waals surface area contributed by atoms with E-state index in [1.807, 2.05) is 0 Å². The zero-order valence-electron chi connectivity index (χ0n) is 12.4. The Kier molecular flexibility index (Phi) is 3.43. The Balaban J connectivity index is 1.54. The van der Waals surface area contributed by atoms with Gasteiger partial charge < -0.3 is 10.2 Å². The summed E-state index contributed by atoms with van der Waals surface area (Å²) >= 11 is 0. The van der Waals surface area contributed by atoms with Crippen LogP contribution in [0.5, 0.6) is 0 Å². The van der Waals surface area contributed by atoms with Crippen LogP contribution in [0.15, 0.2) is 24.3 Å². The van der Waals surface area contributed by atoms with E-state index < -0.39 is 0 Å². The molecule has 0 aromatic heterocycles. The largest absolute Gasteiger partial charge is 0.368 e. The molecule has 1 aromatic rings. The highest BCUT2D eigenvalue weighted by Crippen LogP contribution is 2.39. The van der Waals surface area contributed by atoms with Crippen molar-refractivity contribution in [1.29, 1.82) is 0 Å². The topological polar surface area (TPSA) is 15.3 Å². The maximum Gasteiger partial charge on any atom is 0.0414 e. The minimum absolute atomic E-state index is 0.795. The van der Waals surface area contributed by atoms with Crippen molar-refractivity contribution in [3.05, 3.63) is 29.8 Å². The Morgan fingerprint density at radius 3 is 2.75 bits per heavy atom. The second-order valence-electron chi connectivity index (χ2n) is 6.88. The highest BCUT2D eigenvalue weighted by atomic mass is 15.2. The molecule has 0 bridgehead atoms. The van der Waals surface area contributed by atoms with Crippen molar-refractivity contribution in [2.75, 3.05) is 11.4 Å². The van der Waals surface area contributed by atoms with E-state index in [2.05, 4.69) is 34.5 Å².